The van der Waals surface area contributed by atoms with Gasteiger partial charge in [0.15, 0.2) is 0 Å². The summed E-state index contributed by atoms with van der Waals surface area (Å²) < 4.78 is 4.03. The minimum absolute atomic E-state index is 1.25. The summed E-state index contributed by atoms with van der Waals surface area (Å²) in [7, 11) is 0. The maximum Gasteiger partial charge on any atom is 0.0783 e. The molecule has 0 nitrogen and oxygen atoms in total. The highest BCUT2D eigenvalue weighted by Gasteiger charge is 2.13. The molecule has 0 bridgehead atoms. The third-order valence-corrected chi connectivity index (χ3v) is 5.68. The number of hydrogen-bond donors (Lipinski definition) is 0. The zero-order chi connectivity index (χ0) is 9.99. The molecule has 0 amide bonds. The molecule has 0 atom stereocenters. The fourth-order valence-corrected chi connectivity index (χ4v) is 4.89. The summed E-state index contributed by atoms with van der Waals surface area (Å²) in [5.74, 6) is 0. The van der Waals surface area contributed by atoms with Crippen LogP contribution in [-0.4, -0.2) is 0 Å². The second-order valence-electron chi connectivity index (χ2n) is 3.63. The van der Waals surface area contributed by atoms with Gasteiger partial charge in [-0.2, -0.15) is 0 Å². The van der Waals surface area contributed by atoms with Crippen molar-refractivity contribution in [2.75, 3.05) is 0 Å². The Morgan fingerprint density at radius 3 is 2.73 bits per heavy atom. The molecule has 0 aliphatic rings. The molecule has 72 valence electrons. The van der Waals surface area contributed by atoms with Crippen LogP contribution < -0.4 is 0 Å². The van der Waals surface area contributed by atoms with Gasteiger partial charge in [0, 0.05) is 25.6 Å². The van der Waals surface area contributed by atoms with Gasteiger partial charge in [0.05, 0.1) is 3.79 Å². The van der Waals surface area contributed by atoms with E-state index in [-0.39, 0.29) is 0 Å². The first kappa shape index (κ1) is 8.50. The van der Waals surface area contributed by atoms with E-state index < -0.39 is 0 Å². The number of rotatable bonds is 0. The average Bonchev–Trinajstić information content (AvgIpc) is 2.78. The Bertz CT molecular complexity index is 763. The minimum Gasteiger partial charge on any atom is -0.143 e. The van der Waals surface area contributed by atoms with Gasteiger partial charge in [0.1, 0.15) is 0 Å². The lowest BCUT2D eigenvalue weighted by Gasteiger charge is -1.98. The summed E-state index contributed by atoms with van der Waals surface area (Å²) in [5, 5.41) is 7.85. The zero-order valence-corrected chi connectivity index (χ0v) is 10.8. The van der Waals surface area contributed by atoms with Crippen LogP contribution in [0.5, 0.6) is 0 Å². The molecule has 0 unspecified atom stereocenters. The van der Waals surface area contributed by atoms with Crippen molar-refractivity contribution < 1.29 is 0 Å². The van der Waals surface area contributed by atoms with Crippen molar-refractivity contribution in [2.45, 2.75) is 0 Å². The van der Waals surface area contributed by atoms with Crippen LogP contribution in [0.2, 0.25) is 0 Å². The molecule has 3 heteroatoms. The Labute approximate surface area is 103 Å². The molecular weight excluding hydrogens is 288 g/mol. The summed E-state index contributed by atoms with van der Waals surface area (Å²) in [6, 6.07) is 8.91. The highest BCUT2D eigenvalue weighted by atomic mass is 79.9. The molecular formula is C12H5BrS2. The van der Waals surface area contributed by atoms with E-state index in [0.717, 1.165) is 0 Å². The van der Waals surface area contributed by atoms with E-state index in [9.17, 15) is 0 Å². The van der Waals surface area contributed by atoms with E-state index in [1.54, 1.807) is 0 Å². The average molecular weight is 293 g/mol. The van der Waals surface area contributed by atoms with Gasteiger partial charge in [-0.25, -0.2) is 0 Å². The van der Waals surface area contributed by atoms with Crippen LogP contribution in [0, 0.1) is 0 Å². The van der Waals surface area contributed by atoms with Crippen molar-refractivity contribution in [1.29, 1.82) is 0 Å². The summed E-state index contributed by atoms with van der Waals surface area (Å²) in [5.41, 5.74) is 0. The predicted molar refractivity (Wildman–Crippen MR) is 73.6 cm³/mol. The first-order valence-electron chi connectivity index (χ1n) is 4.65. The van der Waals surface area contributed by atoms with Crippen LogP contribution in [-0.2, 0) is 0 Å². The molecule has 0 saturated heterocycles. The molecule has 4 rings (SSSR count). The van der Waals surface area contributed by atoms with Crippen molar-refractivity contribution in [2.24, 2.45) is 0 Å². The summed E-state index contributed by atoms with van der Waals surface area (Å²) in [6.45, 7) is 0. The third kappa shape index (κ3) is 0.961. The van der Waals surface area contributed by atoms with Crippen LogP contribution in [0.1, 0.15) is 0 Å². The molecule has 0 aliphatic carbocycles. The molecule has 0 radical (unpaired) electrons. The lowest BCUT2D eigenvalue weighted by atomic mass is 10.1. The molecule has 4 aromatic rings. The summed E-state index contributed by atoms with van der Waals surface area (Å²) >= 11 is 7.30. The molecule has 0 spiro atoms. The molecule has 0 fully saturated rings. The van der Waals surface area contributed by atoms with Gasteiger partial charge in [-0.05, 0) is 38.8 Å². The lowest BCUT2D eigenvalue weighted by Crippen LogP contribution is -1.71. The first-order chi connectivity index (χ1) is 7.34. The standard InChI is InChI=1S/C12H5BrS2/c13-12-7-2-4-8-10-6(5-14-8)1-3-9(15-12)11(7)10/h1-5H. The molecule has 2 heterocycles. The zero-order valence-electron chi connectivity index (χ0n) is 7.58. The van der Waals surface area contributed by atoms with E-state index >= 15 is 0 Å². The molecule has 0 aliphatic heterocycles. The van der Waals surface area contributed by atoms with Gasteiger partial charge in [0.25, 0.3) is 0 Å². The number of hydrogen-bond acceptors (Lipinski definition) is 2. The normalized spacial score (nSPS) is 12.3. The van der Waals surface area contributed by atoms with Gasteiger partial charge in [-0.15, -0.1) is 22.7 Å². The second-order valence-corrected chi connectivity index (χ2v) is 6.91. The monoisotopic (exact) mass is 292 g/mol. The predicted octanol–water partition coefficient (Wildman–Crippen LogP) is 5.47. The maximum absolute atomic E-state index is 3.64. The SMILES string of the molecule is Brc1sc2ccc3csc4ccc1c2c34. The van der Waals surface area contributed by atoms with Crippen molar-refractivity contribution in [3.63, 3.8) is 0 Å². The first-order valence-corrected chi connectivity index (χ1v) is 7.14. The Hall–Kier alpha value is -0.640. The Morgan fingerprint density at radius 2 is 1.80 bits per heavy atom. The third-order valence-electron chi connectivity index (χ3n) is 2.84. The maximum atomic E-state index is 3.64. The van der Waals surface area contributed by atoms with E-state index in [1.807, 2.05) is 22.7 Å². The molecule has 2 aromatic carbocycles. The van der Waals surface area contributed by atoms with E-state index in [1.165, 1.54) is 34.7 Å². The van der Waals surface area contributed by atoms with E-state index in [2.05, 4.69) is 45.6 Å². The Kier molecular flexibility index (Phi) is 1.55. The van der Waals surface area contributed by atoms with Gasteiger partial charge >= 0.3 is 0 Å². The van der Waals surface area contributed by atoms with Crippen LogP contribution >= 0.6 is 38.6 Å². The minimum atomic E-state index is 1.25. The second kappa shape index (κ2) is 2.73. The Morgan fingerprint density at radius 1 is 0.933 bits per heavy atom. The van der Waals surface area contributed by atoms with Crippen molar-refractivity contribution in [3.05, 3.63) is 33.4 Å². The van der Waals surface area contributed by atoms with Crippen LogP contribution in [0.3, 0.4) is 0 Å². The van der Waals surface area contributed by atoms with Gasteiger partial charge in [-0.1, -0.05) is 12.1 Å². The highest BCUT2D eigenvalue weighted by molar-refractivity contribution is 9.11. The van der Waals surface area contributed by atoms with E-state index in [0.29, 0.717) is 0 Å². The number of benzene rings is 2. The number of halogens is 1. The van der Waals surface area contributed by atoms with Gasteiger partial charge in [0.2, 0.25) is 0 Å². The van der Waals surface area contributed by atoms with Crippen molar-refractivity contribution in [1.82, 2.24) is 0 Å². The quantitative estimate of drug-likeness (QED) is 0.403. The molecule has 0 saturated carbocycles. The fourth-order valence-electron chi connectivity index (χ4n) is 2.18. The lowest BCUT2D eigenvalue weighted by molar-refractivity contribution is 1.97. The molecule has 15 heavy (non-hydrogen) atoms. The van der Waals surface area contributed by atoms with E-state index in [4.69, 9.17) is 0 Å². The smallest absolute Gasteiger partial charge is 0.0783 e. The van der Waals surface area contributed by atoms with Crippen molar-refractivity contribution >= 4 is 69.5 Å². The largest absolute Gasteiger partial charge is 0.143 e. The van der Waals surface area contributed by atoms with Crippen molar-refractivity contribution in [3.8, 4) is 0 Å². The highest BCUT2D eigenvalue weighted by Crippen LogP contribution is 2.44. The molecule has 2 aromatic heterocycles. The van der Waals surface area contributed by atoms with Crippen LogP contribution in [0.4, 0.5) is 0 Å². The van der Waals surface area contributed by atoms with Gasteiger partial charge in [-0.3, -0.25) is 0 Å². The number of thiophene rings is 2. The van der Waals surface area contributed by atoms with Gasteiger partial charge < -0.3 is 0 Å². The molecule has 0 N–H and O–H groups in total. The van der Waals surface area contributed by atoms with Crippen LogP contribution in [0.15, 0.2) is 33.4 Å². The summed E-state index contributed by atoms with van der Waals surface area (Å²) in [6.07, 6.45) is 0. The Balaban J connectivity index is 2.54. The fraction of sp³-hybridized carbons (Fsp3) is 0. The summed E-state index contributed by atoms with van der Waals surface area (Å²) in [4.78, 5) is 0. The van der Waals surface area contributed by atoms with Crippen LogP contribution in [0.25, 0.3) is 30.9 Å². The topological polar surface area (TPSA) is 0 Å².